The van der Waals surface area contributed by atoms with Crippen molar-refractivity contribution >= 4 is 6.29 Å². The summed E-state index contributed by atoms with van der Waals surface area (Å²) in [6.45, 7) is 0.175. The third-order valence-corrected chi connectivity index (χ3v) is 3.57. The van der Waals surface area contributed by atoms with Crippen LogP contribution in [0.4, 0.5) is 17.6 Å². The van der Waals surface area contributed by atoms with Crippen LogP contribution in [0.3, 0.4) is 0 Å². The molecule has 2 rings (SSSR count). The highest BCUT2D eigenvalue weighted by Crippen LogP contribution is 2.35. The van der Waals surface area contributed by atoms with Crippen LogP contribution in [-0.4, -0.2) is 31.4 Å². The molecule has 0 unspecified atom stereocenters. The number of aromatic nitrogens is 1. The van der Waals surface area contributed by atoms with Gasteiger partial charge in [0, 0.05) is 26.0 Å². The summed E-state index contributed by atoms with van der Waals surface area (Å²) in [5, 5.41) is 0. The Morgan fingerprint density at radius 2 is 1.88 bits per heavy atom. The van der Waals surface area contributed by atoms with Crippen LogP contribution in [0.25, 0.3) is 11.1 Å². The highest BCUT2D eigenvalue weighted by atomic mass is 19.4. The number of aldehydes is 1. The number of ether oxygens (including phenoxy) is 2. The minimum absolute atomic E-state index is 0.0935. The summed E-state index contributed by atoms with van der Waals surface area (Å²) in [6, 6.07) is 4.10. The quantitative estimate of drug-likeness (QED) is 0.455. The smallest absolute Gasteiger partial charge is 0.354 e. The van der Waals surface area contributed by atoms with E-state index in [1.54, 1.807) is 0 Å². The van der Waals surface area contributed by atoms with Gasteiger partial charge in [-0.25, -0.2) is 4.39 Å². The predicted molar refractivity (Wildman–Crippen MR) is 78.0 cm³/mol. The van der Waals surface area contributed by atoms with Gasteiger partial charge < -0.3 is 14.0 Å². The van der Waals surface area contributed by atoms with Crippen LogP contribution in [0.2, 0.25) is 0 Å². The van der Waals surface area contributed by atoms with Crippen molar-refractivity contribution in [2.45, 2.75) is 19.0 Å². The molecule has 0 atom stereocenters. The minimum Gasteiger partial charge on any atom is -0.354 e. The zero-order valence-electron chi connectivity index (χ0n) is 12.9. The van der Waals surface area contributed by atoms with Crippen LogP contribution in [0.5, 0.6) is 0 Å². The highest BCUT2D eigenvalue weighted by molar-refractivity contribution is 5.86. The summed E-state index contributed by atoms with van der Waals surface area (Å²) in [4.78, 5) is 11.4. The largest absolute Gasteiger partial charge is 0.419 e. The molecule has 0 spiro atoms. The first-order valence-electron chi connectivity index (χ1n) is 6.88. The van der Waals surface area contributed by atoms with Gasteiger partial charge in [-0.2, -0.15) is 13.2 Å². The number of alkyl halides is 3. The van der Waals surface area contributed by atoms with E-state index in [1.165, 1.54) is 37.1 Å². The molecule has 0 saturated heterocycles. The fourth-order valence-corrected chi connectivity index (χ4v) is 2.34. The van der Waals surface area contributed by atoms with Gasteiger partial charge >= 0.3 is 6.18 Å². The van der Waals surface area contributed by atoms with Crippen LogP contribution in [0.1, 0.15) is 16.1 Å². The van der Waals surface area contributed by atoms with Gasteiger partial charge in [0.1, 0.15) is 5.82 Å². The number of rotatable bonds is 6. The lowest BCUT2D eigenvalue weighted by molar-refractivity contribution is -0.139. The first-order chi connectivity index (χ1) is 11.3. The van der Waals surface area contributed by atoms with Crippen molar-refractivity contribution in [3.05, 3.63) is 47.5 Å². The van der Waals surface area contributed by atoms with Gasteiger partial charge in [-0.1, -0.05) is 6.07 Å². The normalized spacial score (nSPS) is 12.0. The van der Waals surface area contributed by atoms with Crippen molar-refractivity contribution in [3.8, 4) is 11.1 Å². The van der Waals surface area contributed by atoms with Crippen LogP contribution in [-0.2, 0) is 22.2 Å². The Hall–Kier alpha value is -2.19. The molecule has 8 heteroatoms. The second-order valence-corrected chi connectivity index (χ2v) is 4.98. The summed E-state index contributed by atoms with van der Waals surface area (Å²) >= 11 is 0. The lowest BCUT2D eigenvalue weighted by atomic mass is 10.0. The van der Waals surface area contributed by atoms with Crippen molar-refractivity contribution in [1.82, 2.24) is 4.57 Å². The number of hydrogen-bond acceptors (Lipinski definition) is 3. The summed E-state index contributed by atoms with van der Waals surface area (Å²) in [5.74, 6) is -1.36. The molecule has 130 valence electrons. The van der Waals surface area contributed by atoms with E-state index in [2.05, 4.69) is 0 Å². The van der Waals surface area contributed by atoms with E-state index < -0.39 is 23.8 Å². The molecule has 0 aliphatic heterocycles. The molecule has 0 aliphatic rings. The maximum Gasteiger partial charge on any atom is 0.419 e. The lowest BCUT2D eigenvalue weighted by Gasteiger charge is -2.15. The second kappa shape index (κ2) is 7.14. The number of carbonyl (C=O) groups excluding carboxylic acids is 1. The monoisotopic (exact) mass is 345 g/mol. The van der Waals surface area contributed by atoms with Crippen molar-refractivity contribution in [3.63, 3.8) is 0 Å². The number of hydrogen-bond donors (Lipinski definition) is 0. The van der Waals surface area contributed by atoms with E-state index in [4.69, 9.17) is 9.47 Å². The third kappa shape index (κ3) is 3.65. The van der Waals surface area contributed by atoms with Gasteiger partial charge in [0.25, 0.3) is 0 Å². The number of benzene rings is 1. The topological polar surface area (TPSA) is 40.5 Å². The average Bonchev–Trinajstić information content (AvgIpc) is 2.94. The summed E-state index contributed by atoms with van der Waals surface area (Å²) < 4.78 is 63.5. The maximum absolute atomic E-state index is 13.4. The van der Waals surface area contributed by atoms with E-state index >= 15 is 0 Å². The fourth-order valence-electron chi connectivity index (χ4n) is 2.34. The Labute approximate surface area is 135 Å². The van der Waals surface area contributed by atoms with Gasteiger partial charge in [-0.05, 0) is 23.8 Å². The Kier molecular flexibility index (Phi) is 5.40. The molecule has 0 bridgehead atoms. The molecule has 0 fully saturated rings. The van der Waals surface area contributed by atoms with Gasteiger partial charge in [0.05, 0.1) is 17.8 Å². The standard InChI is InChI=1S/C16H15F4NO3/c1-23-15(24-2)8-21-6-5-11(14(21)9-22)10-3-4-13(17)12(7-10)16(18,19)20/h3-7,9,15H,8H2,1-2H3. The van der Waals surface area contributed by atoms with Gasteiger partial charge in [-0.3, -0.25) is 4.79 Å². The number of methoxy groups -OCH3 is 2. The Bertz CT molecular complexity index is 721. The molecule has 4 nitrogen and oxygen atoms in total. The van der Waals surface area contributed by atoms with Crippen LogP contribution in [0, 0.1) is 5.82 Å². The molecule has 1 aromatic carbocycles. The number of carbonyl (C=O) groups is 1. The first-order valence-corrected chi connectivity index (χ1v) is 6.88. The van der Waals surface area contributed by atoms with Crippen LogP contribution >= 0.6 is 0 Å². The molecule has 0 radical (unpaired) electrons. The molecule has 0 saturated carbocycles. The van der Waals surface area contributed by atoms with Crippen molar-refractivity contribution in [2.24, 2.45) is 0 Å². The predicted octanol–water partition coefficient (Wildman–Crippen LogP) is 3.74. The minimum atomic E-state index is -4.82. The maximum atomic E-state index is 13.4. The summed E-state index contributed by atoms with van der Waals surface area (Å²) in [6.07, 6.45) is -3.39. The van der Waals surface area contributed by atoms with Crippen molar-refractivity contribution in [1.29, 1.82) is 0 Å². The second-order valence-electron chi connectivity index (χ2n) is 4.98. The van der Waals surface area contributed by atoms with Gasteiger partial charge in [0.2, 0.25) is 0 Å². The van der Waals surface area contributed by atoms with Crippen molar-refractivity contribution in [2.75, 3.05) is 14.2 Å². The SMILES string of the molecule is COC(Cn1ccc(-c2ccc(F)c(C(F)(F)F)c2)c1C=O)OC. The van der Waals surface area contributed by atoms with Gasteiger partial charge in [-0.15, -0.1) is 0 Å². The van der Waals surface area contributed by atoms with Crippen molar-refractivity contribution < 1.29 is 31.8 Å². The molecule has 1 aromatic heterocycles. The Morgan fingerprint density at radius 3 is 2.42 bits per heavy atom. The summed E-state index contributed by atoms with van der Waals surface area (Å²) in [5.41, 5.74) is -0.873. The molecule has 0 amide bonds. The van der Waals surface area contributed by atoms with Gasteiger partial charge in [0.15, 0.2) is 12.6 Å². The molecule has 24 heavy (non-hydrogen) atoms. The number of nitrogens with zero attached hydrogens (tertiary/aromatic N) is 1. The molecular weight excluding hydrogens is 330 g/mol. The van der Waals surface area contributed by atoms with Crippen LogP contribution in [0.15, 0.2) is 30.5 Å². The Balaban J connectivity index is 2.47. The van der Waals surface area contributed by atoms with E-state index in [0.29, 0.717) is 12.4 Å². The first kappa shape index (κ1) is 18.2. The zero-order chi connectivity index (χ0) is 17.9. The Morgan fingerprint density at radius 1 is 1.21 bits per heavy atom. The zero-order valence-corrected chi connectivity index (χ0v) is 12.9. The van der Waals surface area contributed by atoms with Crippen LogP contribution < -0.4 is 0 Å². The molecular formula is C16H15F4NO3. The molecule has 0 N–H and O–H groups in total. The van der Waals surface area contributed by atoms with E-state index in [0.717, 1.165) is 6.07 Å². The third-order valence-electron chi connectivity index (χ3n) is 3.57. The molecule has 2 aromatic rings. The summed E-state index contributed by atoms with van der Waals surface area (Å²) in [7, 11) is 2.85. The molecule has 1 heterocycles. The van der Waals surface area contributed by atoms with E-state index in [9.17, 15) is 22.4 Å². The number of halogens is 4. The molecule has 0 aliphatic carbocycles. The highest BCUT2D eigenvalue weighted by Gasteiger charge is 2.34. The van der Waals surface area contributed by atoms with E-state index in [-0.39, 0.29) is 23.4 Å². The van der Waals surface area contributed by atoms with E-state index in [1.807, 2.05) is 0 Å². The fraction of sp³-hybridized carbons (Fsp3) is 0.312. The lowest BCUT2D eigenvalue weighted by Crippen LogP contribution is -2.21. The average molecular weight is 345 g/mol.